The summed E-state index contributed by atoms with van der Waals surface area (Å²) >= 11 is 1.13. The summed E-state index contributed by atoms with van der Waals surface area (Å²) in [6, 6.07) is 0. The van der Waals surface area contributed by atoms with Crippen LogP contribution in [0.2, 0.25) is 0 Å². The van der Waals surface area contributed by atoms with Gasteiger partial charge in [-0.1, -0.05) is 25.2 Å². The highest BCUT2D eigenvalue weighted by molar-refractivity contribution is 7.16. The molecule has 0 bridgehead atoms. The molecule has 7 heteroatoms. The van der Waals surface area contributed by atoms with E-state index in [4.69, 9.17) is 10.5 Å². The molecular formula is C12H16N4O2S. The Balaban J connectivity index is 2.08. The third kappa shape index (κ3) is 2.02. The second-order valence-corrected chi connectivity index (χ2v) is 5.90. The molecule has 6 nitrogen and oxygen atoms in total. The van der Waals surface area contributed by atoms with Gasteiger partial charge in [-0.3, -0.25) is 9.36 Å². The first-order chi connectivity index (χ1) is 9.10. The van der Waals surface area contributed by atoms with Gasteiger partial charge in [-0.05, 0) is 18.8 Å². The second-order valence-electron chi connectivity index (χ2n) is 4.90. The third-order valence-corrected chi connectivity index (χ3v) is 4.49. The minimum atomic E-state index is -0.240. The average Bonchev–Trinajstić information content (AvgIpc) is 2.88. The van der Waals surface area contributed by atoms with E-state index in [1.165, 1.54) is 0 Å². The molecule has 0 amide bonds. The van der Waals surface area contributed by atoms with E-state index in [1.807, 2.05) is 0 Å². The zero-order valence-corrected chi connectivity index (χ0v) is 11.7. The molecule has 1 aliphatic heterocycles. The fraction of sp³-hybridized carbons (Fsp3) is 0.583. The highest BCUT2D eigenvalue weighted by Crippen LogP contribution is 2.35. The molecule has 1 aliphatic rings. The van der Waals surface area contributed by atoms with Crippen molar-refractivity contribution in [2.24, 2.45) is 5.92 Å². The predicted molar refractivity (Wildman–Crippen MR) is 74.1 cm³/mol. The molecule has 0 aliphatic carbocycles. The van der Waals surface area contributed by atoms with Crippen LogP contribution in [0.5, 0.6) is 0 Å². The lowest BCUT2D eigenvalue weighted by Gasteiger charge is -2.14. The summed E-state index contributed by atoms with van der Waals surface area (Å²) in [7, 11) is 0. The first kappa shape index (κ1) is 12.6. The number of hydrogen-bond acceptors (Lipinski definition) is 6. The molecule has 1 fully saturated rings. The highest BCUT2D eigenvalue weighted by Gasteiger charge is 2.34. The van der Waals surface area contributed by atoms with Gasteiger partial charge in [0.15, 0.2) is 5.65 Å². The van der Waals surface area contributed by atoms with E-state index in [-0.39, 0.29) is 23.2 Å². The highest BCUT2D eigenvalue weighted by atomic mass is 32.1. The Labute approximate surface area is 114 Å². The molecule has 3 rings (SSSR count). The van der Waals surface area contributed by atoms with Gasteiger partial charge in [-0.2, -0.15) is 4.98 Å². The third-order valence-electron chi connectivity index (χ3n) is 3.61. The molecule has 0 unspecified atom stereocenters. The Bertz CT molecular complexity index is 665. The fourth-order valence-electron chi connectivity index (χ4n) is 2.63. The molecule has 0 saturated carbocycles. The Morgan fingerprint density at radius 3 is 3.11 bits per heavy atom. The molecule has 0 spiro atoms. The van der Waals surface area contributed by atoms with E-state index in [0.29, 0.717) is 11.6 Å². The number of ether oxygens (including phenoxy) is 1. The number of anilines is 1. The number of hydrogen-bond donors (Lipinski definition) is 1. The monoisotopic (exact) mass is 280 g/mol. The maximum absolute atomic E-state index is 12.1. The molecular weight excluding hydrogens is 264 g/mol. The van der Waals surface area contributed by atoms with Crippen molar-refractivity contribution in [2.45, 2.75) is 39.0 Å². The number of aromatic nitrogens is 3. The van der Waals surface area contributed by atoms with Crippen molar-refractivity contribution in [3.63, 3.8) is 0 Å². The van der Waals surface area contributed by atoms with E-state index in [2.05, 4.69) is 23.8 Å². The normalized spacial score (nSPS) is 27.2. The van der Waals surface area contributed by atoms with Gasteiger partial charge in [0.25, 0.3) is 0 Å². The van der Waals surface area contributed by atoms with Crippen LogP contribution in [0, 0.1) is 5.92 Å². The number of nitrogens with two attached hydrogens (primary N) is 1. The van der Waals surface area contributed by atoms with Crippen molar-refractivity contribution in [3.05, 3.63) is 15.9 Å². The lowest BCUT2D eigenvalue weighted by Crippen LogP contribution is -2.20. The maximum atomic E-state index is 12.1. The number of nitrogens with zero attached hydrogens (tertiary/aromatic N) is 3. The van der Waals surface area contributed by atoms with Crippen molar-refractivity contribution >= 4 is 27.6 Å². The van der Waals surface area contributed by atoms with Crippen LogP contribution >= 0.6 is 11.3 Å². The Kier molecular flexibility index (Phi) is 3.02. The molecule has 0 radical (unpaired) electrons. The van der Waals surface area contributed by atoms with Gasteiger partial charge in [0.05, 0.1) is 17.0 Å². The van der Waals surface area contributed by atoms with Crippen molar-refractivity contribution in [1.29, 1.82) is 0 Å². The van der Waals surface area contributed by atoms with E-state index < -0.39 is 0 Å². The minimum absolute atomic E-state index is 0.0659. The molecule has 3 atom stereocenters. The molecule has 2 aromatic rings. The zero-order valence-electron chi connectivity index (χ0n) is 10.9. The summed E-state index contributed by atoms with van der Waals surface area (Å²) < 4.78 is 8.33. The Hall–Kier alpha value is -1.47. The van der Waals surface area contributed by atoms with E-state index in [0.717, 1.165) is 28.9 Å². The first-order valence-corrected chi connectivity index (χ1v) is 7.20. The molecule has 1 saturated heterocycles. The summed E-state index contributed by atoms with van der Waals surface area (Å²) in [4.78, 5) is 20.2. The smallest absolute Gasteiger partial charge is 0.311 e. The van der Waals surface area contributed by atoms with Crippen LogP contribution in [-0.2, 0) is 4.74 Å². The molecule has 19 heavy (non-hydrogen) atoms. The summed E-state index contributed by atoms with van der Waals surface area (Å²) in [5.41, 5.74) is 6.19. The summed E-state index contributed by atoms with van der Waals surface area (Å²) in [5.74, 6) is 0.619. The van der Waals surface area contributed by atoms with Crippen molar-refractivity contribution in [2.75, 3.05) is 5.73 Å². The van der Waals surface area contributed by atoms with Gasteiger partial charge >= 0.3 is 4.87 Å². The molecule has 0 aromatic carbocycles. The van der Waals surface area contributed by atoms with Gasteiger partial charge in [-0.15, -0.1) is 0 Å². The largest absolute Gasteiger partial charge is 0.368 e. The van der Waals surface area contributed by atoms with E-state index in [9.17, 15) is 4.79 Å². The number of nitrogen functional groups attached to an aromatic ring is 1. The van der Waals surface area contributed by atoms with Crippen LogP contribution < -0.4 is 10.6 Å². The lowest BCUT2D eigenvalue weighted by molar-refractivity contribution is -0.00388. The topological polar surface area (TPSA) is 83.0 Å². The van der Waals surface area contributed by atoms with Gasteiger partial charge in [0, 0.05) is 0 Å². The van der Waals surface area contributed by atoms with Crippen LogP contribution in [0.15, 0.2) is 11.0 Å². The standard InChI is InChI=1S/C12H16N4O2S/c1-3-7-6(2)4-9(18-7)16-10-8(19-12(16)17)5-14-11(13)15-10/h5-7,9H,3-4H2,1-2H3,(H2,13,14,15)/t6-,7+,9+/m0/s1. The number of thiazole rings is 1. The summed E-state index contributed by atoms with van der Waals surface area (Å²) in [6.45, 7) is 4.25. The summed E-state index contributed by atoms with van der Waals surface area (Å²) in [6.07, 6.45) is 3.33. The summed E-state index contributed by atoms with van der Waals surface area (Å²) in [5, 5.41) is 0. The minimum Gasteiger partial charge on any atom is -0.368 e. The van der Waals surface area contributed by atoms with Crippen LogP contribution in [-0.4, -0.2) is 20.6 Å². The second kappa shape index (κ2) is 4.57. The number of fused-ring (bicyclic) bond motifs is 1. The van der Waals surface area contributed by atoms with Gasteiger partial charge in [0.1, 0.15) is 6.23 Å². The lowest BCUT2D eigenvalue weighted by atomic mass is 10.0. The van der Waals surface area contributed by atoms with Crippen LogP contribution in [0.25, 0.3) is 10.3 Å². The van der Waals surface area contributed by atoms with Crippen molar-refractivity contribution < 1.29 is 4.74 Å². The quantitative estimate of drug-likeness (QED) is 0.906. The molecule has 102 valence electrons. The Morgan fingerprint density at radius 2 is 2.42 bits per heavy atom. The van der Waals surface area contributed by atoms with Gasteiger partial charge in [0.2, 0.25) is 5.95 Å². The first-order valence-electron chi connectivity index (χ1n) is 6.39. The Morgan fingerprint density at radius 1 is 1.63 bits per heavy atom. The van der Waals surface area contributed by atoms with Gasteiger partial charge < -0.3 is 10.5 Å². The van der Waals surface area contributed by atoms with E-state index in [1.54, 1.807) is 10.8 Å². The SMILES string of the molecule is CC[C@H]1O[C@@H](n2c(=O)sc3cnc(N)nc32)C[C@@H]1C. The number of rotatable bonds is 2. The van der Waals surface area contributed by atoms with Crippen LogP contribution in [0.3, 0.4) is 0 Å². The van der Waals surface area contributed by atoms with Crippen molar-refractivity contribution in [1.82, 2.24) is 14.5 Å². The fourth-order valence-corrected chi connectivity index (χ4v) is 3.46. The van der Waals surface area contributed by atoms with E-state index >= 15 is 0 Å². The van der Waals surface area contributed by atoms with Crippen LogP contribution in [0.1, 0.15) is 32.9 Å². The molecule has 3 heterocycles. The molecule has 2 aromatic heterocycles. The van der Waals surface area contributed by atoms with Crippen molar-refractivity contribution in [3.8, 4) is 0 Å². The maximum Gasteiger partial charge on any atom is 0.311 e. The average molecular weight is 280 g/mol. The zero-order chi connectivity index (χ0) is 13.6. The van der Waals surface area contributed by atoms with Crippen LogP contribution in [0.4, 0.5) is 5.95 Å². The van der Waals surface area contributed by atoms with Gasteiger partial charge in [-0.25, -0.2) is 4.98 Å². The predicted octanol–water partition coefficient (Wildman–Crippen LogP) is 1.77. The molecule has 2 N–H and O–H groups in total.